The highest BCUT2D eigenvalue weighted by molar-refractivity contribution is 5.80. The van der Waals surface area contributed by atoms with Crippen LogP contribution in [0.5, 0.6) is 0 Å². The third-order valence-corrected chi connectivity index (χ3v) is 3.29. The van der Waals surface area contributed by atoms with Gasteiger partial charge in [0.15, 0.2) is 0 Å². The minimum atomic E-state index is -0.926. The fourth-order valence-corrected chi connectivity index (χ4v) is 2.33. The summed E-state index contributed by atoms with van der Waals surface area (Å²) in [6.07, 6.45) is 4.07. The first-order valence-corrected chi connectivity index (χ1v) is 5.78. The summed E-state index contributed by atoms with van der Waals surface area (Å²) in [5, 5.41) is 0. The first kappa shape index (κ1) is 11.2. The zero-order chi connectivity index (χ0) is 11.5. The van der Waals surface area contributed by atoms with Gasteiger partial charge in [-0.25, -0.2) is 9.59 Å². The van der Waals surface area contributed by atoms with E-state index < -0.39 is 12.2 Å². The Balaban J connectivity index is 1.93. The van der Waals surface area contributed by atoms with Gasteiger partial charge in [-0.2, -0.15) is 0 Å². The molecule has 1 saturated heterocycles. The van der Waals surface area contributed by atoms with E-state index in [9.17, 15) is 9.59 Å². The van der Waals surface area contributed by atoms with Crippen LogP contribution in [0.2, 0.25) is 0 Å². The van der Waals surface area contributed by atoms with E-state index in [2.05, 4.69) is 9.47 Å². The zero-order valence-corrected chi connectivity index (χ0v) is 9.48. The molecule has 0 radical (unpaired) electrons. The van der Waals surface area contributed by atoms with E-state index in [0.717, 1.165) is 19.3 Å². The summed E-state index contributed by atoms with van der Waals surface area (Å²) in [5.41, 5.74) is 0. The Kier molecular flexibility index (Phi) is 3.31. The molecule has 0 spiro atoms. The van der Waals surface area contributed by atoms with Gasteiger partial charge < -0.3 is 14.4 Å². The molecule has 2 rings (SSSR count). The smallest absolute Gasteiger partial charge is 0.437 e. The lowest BCUT2D eigenvalue weighted by Gasteiger charge is -2.34. The Morgan fingerprint density at radius 2 is 1.94 bits per heavy atom. The Morgan fingerprint density at radius 1 is 1.19 bits per heavy atom. The molecule has 5 nitrogen and oxygen atoms in total. The first-order chi connectivity index (χ1) is 7.72. The Morgan fingerprint density at radius 3 is 2.56 bits per heavy atom. The van der Waals surface area contributed by atoms with Crippen molar-refractivity contribution in [2.24, 2.45) is 5.92 Å². The molecule has 1 aliphatic heterocycles. The van der Waals surface area contributed by atoms with Crippen LogP contribution in [0.25, 0.3) is 0 Å². The van der Waals surface area contributed by atoms with Gasteiger partial charge in [-0.05, 0) is 38.0 Å². The Bertz CT molecular complexity index is 288. The SMILES string of the molecule is COC(=O)OC(=O)N1CCCCC1C1CC1. The standard InChI is InChI=1S/C11H17NO4/c1-15-11(14)16-10(13)12-7-3-2-4-9(12)8-5-6-8/h8-9H,2-7H2,1H3. The normalized spacial score (nSPS) is 25.1. The highest BCUT2D eigenvalue weighted by Gasteiger charge is 2.39. The molecule has 2 fully saturated rings. The van der Waals surface area contributed by atoms with Crippen molar-refractivity contribution in [3.63, 3.8) is 0 Å². The van der Waals surface area contributed by atoms with Crippen LogP contribution in [-0.2, 0) is 9.47 Å². The lowest BCUT2D eigenvalue weighted by atomic mass is 9.99. The second-order valence-electron chi connectivity index (χ2n) is 4.42. The number of carbonyl (C=O) groups is 2. The van der Waals surface area contributed by atoms with Crippen LogP contribution in [0.4, 0.5) is 9.59 Å². The summed E-state index contributed by atoms with van der Waals surface area (Å²) in [6, 6.07) is 0.269. The van der Waals surface area contributed by atoms with Crippen LogP contribution in [-0.4, -0.2) is 36.8 Å². The van der Waals surface area contributed by atoms with Crippen LogP contribution in [0.3, 0.4) is 0 Å². The molecule has 16 heavy (non-hydrogen) atoms. The summed E-state index contributed by atoms with van der Waals surface area (Å²) in [5.74, 6) is 0.616. The predicted molar refractivity (Wildman–Crippen MR) is 56.0 cm³/mol. The maximum atomic E-state index is 11.7. The molecule has 0 bridgehead atoms. The number of hydrogen-bond donors (Lipinski definition) is 0. The lowest BCUT2D eigenvalue weighted by molar-refractivity contribution is 0.0550. The Hall–Kier alpha value is -1.26. The van der Waals surface area contributed by atoms with Gasteiger partial charge in [0.1, 0.15) is 0 Å². The zero-order valence-electron chi connectivity index (χ0n) is 9.48. The molecular weight excluding hydrogens is 210 g/mol. The summed E-state index contributed by atoms with van der Waals surface area (Å²) < 4.78 is 8.89. The van der Waals surface area contributed by atoms with Crippen molar-refractivity contribution >= 4 is 12.2 Å². The minimum absolute atomic E-state index is 0.269. The topological polar surface area (TPSA) is 55.8 Å². The van der Waals surface area contributed by atoms with Crippen LogP contribution in [0.15, 0.2) is 0 Å². The second-order valence-corrected chi connectivity index (χ2v) is 4.42. The fraction of sp³-hybridized carbons (Fsp3) is 0.818. The van der Waals surface area contributed by atoms with Gasteiger partial charge in [0.05, 0.1) is 7.11 Å². The predicted octanol–water partition coefficient (Wildman–Crippen LogP) is 2.15. The van der Waals surface area contributed by atoms with Crippen molar-refractivity contribution in [3.05, 3.63) is 0 Å². The van der Waals surface area contributed by atoms with Gasteiger partial charge >= 0.3 is 12.2 Å². The molecule has 1 unspecified atom stereocenters. The van der Waals surface area contributed by atoms with Gasteiger partial charge in [0.25, 0.3) is 0 Å². The molecule has 1 aliphatic carbocycles. The van der Waals surface area contributed by atoms with Gasteiger partial charge in [0, 0.05) is 12.6 Å². The number of carbonyl (C=O) groups excluding carboxylic acids is 2. The number of hydrogen-bond acceptors (Lipinski definition) is 4. The first-order valence-electron chi connectivity index (χ1n) is 5.78. The molecule has 1 heterocycles. The van der Waals surface area contributed by atoms with Crippen molar-refractivity contribution < 1.29 is 19.1 Å². The summed E-state index contributed by atoms with van der Waals surface area (Å²) in [7, 11) is 1.20. The number of rotatable bonds is 1. The van der Waals surface area contributed by atoms with Gasteiger partial charge in [-0.3, -0.25) is 0 Å². The van der Waals surface area contributed by atoms with E-state index in [1.54, 1.807) is 4.90 Å². The highest BCUT2D eigenvalue weighted by Crippen LogP contribution is 2.39. The van der Waals surface area contributed by atoms with Crippen LogP contribution in [0.1, 0.15) is 32.1 Å². The van der Waals surface area contributed by atoms with Gasteiger partial charge in [-0.1, -0.05) is 0 Å². The average molecular weight is 227 g/mol. The quantitative estimate of drug-likeness (QED) is 0.508. The third kappa shape index (κ3) is 2.46. The fourth-order valence-electron chi connectivity index (χ4n) is 2.33. The molecule has 0 aromatic carbocycles. The summed E-state index contributed by atoms with van der Waals surface area (Å²) in [6.45, 7) is 0.691. The molecular formula is C11H17NO4. The molecule has 90 valence electrons. The van der Waals surface area contributed by atoms with Gasteiger partial charge in [-0.15, -0.1) is 0 Å². The maximum absolute atomic E-state index is 11.7. The van der Waals surface area contributed by atoms with Crippen molar-refractivity contribution in [2.75, 3.05) is 13.7 Å². The average Bonchev–Trinajstić information content (AvgIpc) is 3.12. The molecule has 1 atom stereocenters. The van der Waals surface area contributed by atoms with Crippen molar-refractivity contribution in [2.45, 2.75) is 38.1 Å². The van der Waals surface area contributed by atoms with E-state index in [-0.39, 0.29) is 6.04 Å². The molecule has 5 heteroatoms. The number of nitrogens with zero attached hydrogens (tertiary/aromatic N) is 1. The number of ether oxygens (including phenoxy) is 2. The van der Waals surface area contributed by atoms with Crippen molar-refractivity contribution in [3.8, 4) is 0 Å². The van der Waals surface area contributed by atoms with E-state index in [0.29, 0.717) is 12.5 Å². The lowest BCUT2D eigenvalue weighted by Crippen LogP contribution is -2.45. The molecule has 1 saturated carbocycles. The second kappa shape index (κ2) is 4.72. The summed E-state index contributed by atoms with van der Waals surface area (Å²) in [4.78, 5) is 24.3. The number of amides is 1. The Labute approximate surface area is 94.7 Å². The number of methoxy groups -OCH3 is 1. The maximum Gasteiger partial charge on any atom is 0.517 e. The molecule has 0 aromatic rings. The van der Waals surface area contributed by atoms with Crippen molar-refractivity contribution in [1.29, 1.82) is 0 Å². The third-order valence-electron chi connectivity index (χ3n) is 3.29. The summed E-state index contributed by atoms with van der Waals surface area (Å²) >= 11 is 0. The van der Waals surface area contributed by atoms with Crippen molar-refractivity contribution in [1.82, 2.24) is 4.90 Å². The van der Waals surface area contributed by atoms with Crippen LogP contribution >= 0.6 is 0 Å². The van der Waals surface area contributed by atoms with E-state index >= 15 is 0 Å². The minimum Gasteiger partial charge on any atom is -0.437 e. The van der Waals surface area contributed by atoms with Crippen LogP contribution < -0.4 is 0 Å². The molecule has 2 aliphatic rings. The number of likely N-dealkylation sites (tertiary alicyclic amines) is 1. The largest absolute Gasteiger partial charge is 0.517 e. The highest BCUT2D eigenvalue weighted by atomic mass is 16.7. The molecule has 1 amide bonds. The van der Waals surface area contributed by atoms with E-state index in [4.69, 9.17) is 0 Å². The van der Waals surface area contributed by atoms with E-state index in [1.807, 2.05) is 0 Å². The monoisotopic (exact) mass is 227 g/mol. The van der Waals surface area contributed by atoms with E-state index in [1.165, 1.54) is 20.0 Å². The van der Waals surface area contributed by atoms with Crippen LogP contribution in [0, 0.1) is 5.92 Å². The molecule has 0 N–H and O–H groups in total. The number of piperidine rings is 1. The van der Waals surface area contributed by atoms with Gasteiger partial charge in [0.2, 0.25) is 0 Å². The molecule has 0 aromatic heterocycles.